The molecule has 0 bridgehead atoms. The van der Waals surface area contributed by atoms with Crippen LogP contribution in [0.3, 0.4) is 0 Å². The molecule has 0 atom stereocenters. The van der Waals surface area contributed by atoms with E-state index in [1.807, 2.05) is 12.1 Å². The van der Waals surface area contributed by atoms with E-state index in [4.69, 9.17) is 5.90 Å². The smallest absolute Gasteiger partial charge is 0.241 e. The van der Waals surface area contributed by atoms with Gasteiger partial charge in [0.25, 0.3) is 0 Å². The van der Waals surface area contributed by atoms with E-state index in [-0.39, 0.29) is 11.5 Å². The summed E-state index contributed by atoms with van der Waals surface area (Å²) in [4.78, 5) is 4.75. The van der Waals surface area contributed by atoms with Crippen molar-refractivity contribution in [3.63, 3.8) is 0 Å². The van der Waals surface area contributed by atoms with Crippen LogP contribution in [0.1, 0.15) is 39.2 Å². The zero-order valence-corrected chi connectivity index (χ0v) is 12.6. The highest BCUT2D eigenvalue weighted by atomic mass is 32.2. The Labute approximate surface area is 115 Å². The van der Waals surface area contributed by atoms with Crippen LogP contribution in [0, 0.1) is 0 Å². The predicted molar refractivity (Wildman–Crippen MR) is 75.1 cm³/mol. The van der Waals surface area contributed by atoms with E-state index in [9.17, 15) is 8.42 Å². The highest BCUT2D eigenvalue weighted by Gasteiger charge is 2.26. The van der Waals surface area contributed by atoms with E-state index < -0.39 is 15.6 Å². The van der Waals surface area contributed by atoms with E-state index in [1.165, 1.54) is 0 Å². The molecule has 1 aromatic carbocycles. The highest BCUT2D eigenvalue weighted by molar-refractivity contribution is 7.89. The summed E-state index contributed by atoms with van der Waals surface area (Å²) in [5.41, 5.74) is 0.341. The lowest BCUT2D eigenvalue weighted by molar-refractivity contribution is 0.0929. The molecule has 0 aliphatic rings. The molecule has 108 valence electrons. The molecule has 6 heteroatoms. The molecule has 1 aromatic rings. The number of nitrogens with two attached hydrogens (primary N) is 1. The molecule has 5 nitrogen and oxygen atoms in total. The fourth-order valence-electron chi connectivity index (χ4n) is 1.69. The van der Waals surface area contributed by atoms with Gasteiger partial charge in [0.1, 0.15) is 0 Å². The Balaban J connectivity index is 2.94. The summed E-state index contributed by atoms with van der Waals surface area (Å²) in [6.07, 6.45) is 0. The van der Waals surface area contributed by atoms with Crippen molar-refractivity contribution in [2.75, 3.05) is 6.61 Å². The monoisotopic (exact) mass is 286 g/mol. The normalized spacial score (nSPS) is 12.9. The number of hydrogen-bond donors (Lipinski definition) is 2. The number of benzene rings is 1. The van der Waals surface area contributed by atoms with Crippen molar-refractivity contribution in [3.05, 3.63) is 29.8 Å². The molecule has 0 saturated carbocycles. The number of rotatable bonds is 6. The van der Waals surface area contributed by atoms with Crippen molar-refractivity contribution in [1.82, 2.24) is 4.72 Å². The Hall–Kier alpha value is -0.950. The standard InChI is InChI=1S/C13H22N2O3S/c1-10(2)11-5-7-12(8-6-11)19(16,17)15-13(3,4)9-18-14/h5-8,10,15H,9,14H2,1-4H3. The van der Waals surface area contributed by atoms with E-state index in [1.54, 1.807) is 26.0 Å². The Kier molecular flexibility index (Phi) is 5.09. The SMILES string of the molecule is CC(C)c1ccc(S(=O)(=O)NC(C)(C)CON)cc1. The van der Waals surface area contributed by atoms with Crippen molar-refractivity contribution >= 4 is 10.0 Å². The Morgan fingerprint density at radius 2 is 1.79 bits per heavy atom. The van der Waals surface area contributed by atoms with E-state index in [0.717, 1.165) is 5.56 Å². The lowest BCUT2D eigenvalue weighted by Crippen LogP contribution is -2.47. The molecular formula is C13H22N2O3S. The van der Waals surface area contributed by atoms with E-state index in [0.29, 0.717) is 5.92 Å². The number of hydrogen-bond acceptors (Lipinski definition) is 4. The average molecular weight is 286 g/mol. The van der Waals surface area contributed by atoms with Gasteiger partial charge in [0.05, 0.1) is 17.0 Å². The predicted octanol–water partition coefficient (Wildman–Crippen LogP) is 1.76. The van der Waals surface area contributed by atoms with Crippen molar-refractivity contribution in [2.45, 2.75) is 44.0 Å². The van der Waals surface area contributed by atoms with Gasteiger partial charge < -0.3 is 4.84 Å². The summed E-state index contributed by atoms with van der Waals surface area (Å²) in [6.45, 7) is 7.63. The van der Waals surface area contributed by atoms with Gasteiger partial charge in [-0.15, -0.1) is 0 Å². The summed E-state index contributed by atoms with van der Waals surface area (Å²) in [6, 6.07) is 6.87. The molecule has 0 aliphatic carbocycles. The maximum Gasteiger partial charge on any atom is 0.241 e. The minimum atomic E-state index is -3.57. The third kappa shape index (κ3) is 4.58. The molecule has 0 heterocycles. The van der Waals surface area contributed by atoms with Gasteiger partial charge in [-0.2, -0.15) is 0 Å². The Bertz CT molecular complexity index is 507. The maximum atomic E-state index is 12.2. The van der Waals surface area contributed by atoms with Crippen LogP contribution in [0.25, 0.3) is 0 Å². The molecule has 0 spiro atoms. The molecular weight excluding hydrogens is 264 g/mol. The molecule has 0 saturated heterocycles. The summed E-state index contributed by atoms with van der Waals surface area (Å²) < 4.78 is 27.0. The zero-order valence-electron chi connectivity index (χ0n) is 11.8. The van der Waals surface area contributed by atoms with Gasteiger partial charge in [-0.05, 0) is 37.5 Å². The molecule has 3 N–H and O–H groups in total. The highest BCUT2D eigenvalue weighted by Crippen LogP contribution is 2.18. The Morgan fingerprint density at radius 1 is 1.26 bits per heavy atom. The Morgan fingerprint density at radius 3 is 2.21 bits per heavy atom. The second kappa shape index (κ2) is 6.00. The fourth-order valence-corrected chi connectivity index (χ4v) is 3.09. The van der Waals surface area contributed by atoms with Crippen LogP contribution < -0.4 is 10.6 Å². The zero-order chi connectivity index (χ0) is 14.7. The third-order valence-electron chi connectivity index (χ3n) is 2.71. The molecule has 0 amide bonds. The summed E-state index contributed by atoms with van der Waals surface area (Å²) >= 11 is 0. The third-order valence-corrected chi connectivity index (χ3v) is 4.43. The summed E-state index contributed by atoms with van der Waals surface area (Å²) in [7, 11) is -3.57. The minimum Gasteiger partial charge on any atom is -0.303 e. The van der Waals surface area contributed by atoms with Crippen molar-refractivity contribution in [1.29, 1.82) is 0 Å². The first-order chi connectivity index (χ1) is 8.68. The quantitative estimate of drug-likeness (QED) is 0.781. The van der Waals surface area contributed by atoms with E-state index in [2.05, 4.69) is 23.4 Å². The second-order valence-corrected chi connectivity index (χ2v) is 7.21. The molecule has 1 rings (SSSR count). The van der Waals surface area contributed by atoms with Crippen LogP contribution in [0.2, 0.25) is 0 Å². The number of sulfonamides is 1. The van der Waals surface area contributed by atoms with Gasteiger partial charge in [-0.1, -0.05) is 26.0 Å². The van der Waals surface area contributed by atoms with E-state index >= 15 is 0 Å². The topological polar surface area (TPSA) is 81.4 Å². The van der Waals surface area contributed by atoms with Crippen LogP contribution in [0.4, 0.5) is 0 Å². The average Bonchev–Trinajstić information content (AvgIpc) is 2.27. The second-order valence-electron chi connectivity index (χ2n) is 5.52. The molecule has 0 aromatic heterocycles. The van der Waals surface area contributed by atoms with Gasteiger partial charge >= 0.3 is 0 Å². The summed E-state index contributed by atoms with van der Waals surface area (Å²) in [5.74, 6) is 5.36. The first kappa shape index (κ1) is 16.1. The first-order valence-corrected chi connectivity index (χ1v) is 7.62. The van der Waals surface area contributed by atoms with Crippen LogP contribution in [-0.4, -0.2) is 20.6 Å². The van der Waals surface area contributed by atoms with Crippen LogP contribution in [-0.2, 0) is 14.9 Å². The van der Waals surface area contributed by atoms with Gasteiger partial charge in [0, 0.05) is 0 Å². The molecule has 0 radical (unpaired) electrons. The maximum absolute atomic E-state index is 12.2. The lowest BCUT2D eigenvalue weighted by atomic mass is 10.0. The van der Waals surface area contributed by atoms with Gasteiger partial charge in [-0.25, -0.2) is 19.0 Å². The minimum absolute atomic E-state index is 0.0936. The largest absolute Gasteiger partial charge is 0.303 e. The van der Waals surface area contributed by atoms with Crippen LogP contribution >= 0.6 is 0 Å². The van der Waals surface area contributed by atoms with Crippen molar-refractivity contribution in [3.8, 4) is 0 Å². The van der Waals surface area contributed by atoms with Crippen molar-refractivity contribution in [2.24, 2.45) is 5.90 Å². The van der Waals surface area contributed by atoms with Gasteiger partial charge in [-0.3, -0.25) is 0 Å². The molecule has 0 fully saturated rings. The molecule has 0 unspecified atom stereocenters. The molecule has 19 heavy (non-hydrogen) atoms. The van der Waals surface area contributed by atoms with Gasteiger partial charge in [0.15, 0.2) is 0 Å². The fraction of sp³-hybridized carbons (Fsp3) is 0.538. The number of nitrogens with one attached hydrogen (secondary N) is 1. The van der Waals surface area contributed by atoms with Crippen LogP contribution in [0.15, 0.2) is 29.2 Å². The summed E-state index contributed by atoms with van der Waals surface area (Å²) in [5, 5.41) is 0. The first-order valence-electron chi connectivity index (χ1n) is 6.13. The lowest BCUT2D eigenvalue weighted by Gasteiger charge is -2.24. The van der Waals surface area contributed by atoms with Crippen molar-refractivity contribution < 1.29 is 13.3 Å². The van der Waals surface area contributed by atoms with Gasteiger partial charge in [0.2, 0.25) is 10.0 Å². The van der Waals surface area contributed by atoms with Crippen LogP contribution in [0.5, 0.6) is 0 Å². The molecule has 0 aliphatic heterocycles.